The van der Waals surface area contributed by atoms with E-state index in [1.54, 1.807) is 12.1 Å². The highest BCUT2D eigenvalue weighted by Crippen LogP contribution is 2.35. The molecule has 2 rings (SSSR count). The maximum Gasteiger partial charge on any atom is 0.123 e. The molecule has 1 aromatic carbocycles. The molecule has 1 aromatic rings. The minimum atomic E-state index is -0.121. The van der Waals surface area contributed by atoms with Crippen LogP contribution in [0, 0.1) is 5.82 Å². The monoisotopic (exact) mass is 222 g/mol. The second-order valence-electron chi connectivity index (χ2n) is 4.52. The first-order valence-corrected chi connectivity index (χ1v) is 5.91. The smallest absolute Gasteiger partial charge is 0.123 e. The number of fused-ring (bicyclic) bond motifs is 1. The summed E-state index contributed by atoms with van der Waals surface area (Å²) in [4.78, 5) is 2.33. The number of benzene rings is 1. The number of rotatable bonds is 4. The van der Waals surface area contributed by atoms with Crippen LogP contribution in [-0.4, -0.2) is 25.0 Å². The second kappa shape index (κ2) is 4.93. The molecular weight excluding hydrogens is 203 g/mol. The van der Waals surface area contributed by atoms with E-state index in [1.807, 2.05) is 6.07 Å². The topological polar surface area (TPSA) is 29.3 Å². The van der Waals surface area contributed by atoms with E-state index in [1.165, 1.54) is 11.1 Å². The summed E-state index contributed by atoms with van der Waals surface area (Å²) in [6, 6.07) is 5.61. The van der Waals surface area contributed by atoms with Crippen molar-refractivity contribution in [2.75, 3.05) is 20.1 Å². The zero-order valence-corrected chi connectivity index (χ0v) is 9.75. The molecule has 16 heavy (non-hydrogen) atoms. The standard InChI is InChI=1S/C13H19FN2/c1-16(8-2-7-15)13-6-3-10-9-11(14)4-5-12(10)13/h4-5,9,13H,2-3,6-8,15H2,1H3. The maximum absolute atomic E-state index is 13.1. The van der Waals surface area contributed by atoms with E-state index >= 15 is 0 Å². The Bertz CT molecular complexity index is 365. The van der Waals surface area contributed by atoms with Gasteiger partial charge in [-0.05, 0) is 62.7 Å². The van der Waals surface area contributed by atoms with Crippen LogP contribution in [0.5, 0.6) is 0 Å². The Labute approximate surface area is 96.2 Å². The van der Waals surface area contributed by atoms with Gasteiger partial charge < -0.3 is 5.73 Å². The fourth-order valence-corrected chi connectivity index (χ4v) is 2.52. The zero-order valence-electron chi connectivity index (χ0n) is 9.75. The molecule has 3 heteroatoms. The van der Waals surface area contributed by atoms with Crippen molar-refractivity contribution in [3.8, 4) is 0 Å². The molecule has 0 saturated carbocycles. The minimum absolute atomic E-state index is 0.121. The lowest BCUT2D eigenvalue weighted by atomic mass is 10.1. The number of aryl methyl sites for hydroxylation is 1. The van der Waals surface area contributed by atoms with Crippen LogP contribution in [-0.2, 0) is 6.42 Å². The molecule has 0 saturated heterocycles. The highest BCUT2D eigenvalue weighted by molar-refractivity contribution is 5.34. The summed E-state index contributed by atoms with van der Waals surface area (Å²) >= 11 is 0. The summed E-state index contributed by atoms with van der Waals surface area (Å²) in [6.45, 7) is 1.74. The van der Waals surface area contributed by atoms with Crippen LogP contribution in [0.25, 0.3) is 0 Å². The summed E-state index contributed by atoms with van der Waals surface area (Å²) in [6.07, 6.45) is 3.11. The molecule has 1 aliphatic carbocycles. The first-order chi connectivity index (χ1) is 7.72. The highest BCUT2D eigenvalue weighted by atomic mass is 19.1. The molecule has 2 nitrogen and oxygen atoms in total. The van der Waals surface area contributed by atoms with Crippen molar-refractivity contribution >= 4 is 0 Å². The minimum Gasteiger partial charge on any atom is -0.330 e. The summed E-state index contributed by atoms with van der Waals surface area (Å²) in [5.41, 5.74) is 7.98. The summed E-state index contributed by atoms with van der Waals surface area (Å²) < 4.78 is 13.1. The van der Waals surface area contributed by atoms with E-state index in [4.69, 9.17) is 5.73 Å². The lowest BCUT2D eigenvalue weighted by Gasteiger charge is -2.24. The molecular formula is C13H19FN2. The van der Waals surface area contributed by atoms with Gasteiger partial charge in [-0.25, -0.2) is 4.39 Å². The molecule has 0 spiro atoms. The van der Waals surface area contributed by atoms with Crippen LogP contribution in [0.1, 0.15) is 30.0 Å². The Morgan fingerprint density at radius 1 is 1.50 bits per heavy atom. The Balaban J connectivity index is 2.11. The molecule has 1 atom stereocenters. The molecule has 0 bridgehead atoms. The SMILES string of the molecule is CN(CCCN)C1CCc2cc(F)ccc21. The van der Waals surface area contributed by atoms with Crippen molar-refractivity contribution in [2.45, 2.75) is 25.3 Å². The van der Waals surface area contributed by atoms with Crippen molar-refractivity contribution < 1.29 is 4.39 Å². The molecule has 88 valence electrons. The van der Waals surface area contributed by atoms with Gasteiger partial charge in [0.05, 0.1) is 0 Å². The van der Waals surface area contributed by atoms with E-state index in [9.17, 15) is 4.39 Å². The average molecular weight is 222 g/mol. The largest absolute Gasteiger partial charge is 0.330 e. The average Bonchev–Trinajstić information content (AvgIpc) is 2.68. The third kappa shape index (κ3) is 2.25. The van der Waals surface area contributed by atoms with Crippen LogP contribution in [0.3, 0.4) is 0 Å². The van der Waals surface area contributed by atoms with Gasteiger partial charge >= 0.3 is 0 Å². The van der Waals surface area contributed by atoms with Gasteiger partial charge in [0.2, 0.25) is 0 Å². The van der Waals surface area contributed by atoms with Crippen molar-refractivity contribution in [3.63, 3.8) is 0 Å². The molecule has 0 amide bonds. The second-order valence-corrected chi connectivity index (χ2v) is 4.52. The highest BCUT2D eigenvalue weighted by Gasteiger charge is 2.25. The Kier molecular flexibility index (Phi) is 3.56. The summed E-state index contributed by atoms with van der Waals surface area (Å²) in [5.74, 6) is -0.121. The Morgan fingerprint density at radius 2 is 2.31 bits per heavy atom. The van der Waals surface area contributed by atoms with Crippen molar-refractivity contribution in [2.24, 2.45) is 5.73 Å². The van der Waals surface area contributed by atoms with Gasteiger partial charge in [0.25, 0.3) is 0 Å². The van der Waals surface area contributed by atoms with Gasteiger partial charge in [-0.1, -0.05) is 6.07 Å². The predicted molar refractivity (Wildman–Crippen MR) is 63.8 cm³/mol. The molecule has 2 N–H and O–H groups in total. The number of hydrogen-bond acceptors (Lipinski definition) is 2. The van der Waals surface area contributed by atoms with E-state index < -0.39 is 0 Å². The quantitative estimate of drug-likeness (QED) is 0.845. The summed E-state index contributed by atoms with van der Waals surface area (Å²) in [7, 11) is 2.12. The van der Waals surface area contributed by atoms with Crippen LogP contribution < -0.4 is 5.73 Å². The maximum atomic E-state index is 13.1. The first-order valence-electron chi connectivity index (χ1n) is 5.91. The molecule has 0 aromatic heterocycles. The van der Waals surface area contributed by atoms with Crippen molar-refractivity contribution in [3.05, 3.63) is 35.1 Å². The third-order valence-corrected chi connectivity index (χ3v) is 3.40. The van der Waals surface area contributed by atoms with Crippen molar-refractivity contribution in [1.29, 1.82) is 0 Å². The van der Waals surface area contributed by atoms with Crippen LogP contribution in [0.15, 0.2) is 18.2 Å². The van der Waals surface area contributed by atoms with E-state index in [-0.39, 0.29) is 5.82 Å². The van der Waals surface area contributed by atoms with Gasteiger partial charge in [0.15, 0.2) is 0 Å². The van der Waals surface area contributed by atoms with E-state index in [2.05, 4.69) is 11.9 Å². The van der Waals surface area contributed by atoms with Gasteiger partial charge in [-0.2, -0.15) is 0 Å². The number of nitrogens with two attached hydrogens (primary N) is 1. The van der Waals surface area contributed by atoms with Gasteiger partial charge in [-0.3, -0.25) is 4.90 Å². The van der Waals surface area contributed by atoms with Gasteiger partial charge in [-0.15, -0.1) is 0 Å². The lowest BCUT2D eigenvalue weighted by molar-refractivity contribution is 0.243. The number of nitrogens with zero attached hydrogens (tertiary/aromatic N) is 1. The molecule has 0 aliphatic heterocycles. The Hall–Kier alpha value is -0.930. The van der Waals surface area contributed by atoms with Crippen LogP contribution >= 0.6 is 0 Å². The molecule has 1 aliphatic rings. The predicted octanol–water partition coefficient (Wildman–Crippen LogP) is 2.09. The van der Waals surface area contributed by atoms with E-state index in [0.717, 1.165) is 32.4 Å². The first kappa shape index (κ1) is 11.6. The molecule has 0 radical (unpaired) electrons. The molecule has 1 unspecified atom stereocenters. The zero-order chi connectivity index (χ0) is 11.5. The Morgan fingerprint density at radius 3 is 3.06 bits per heavy atom. The summed E-state index contributed by atoms with van der Waals surface area (Å²) in [5, 5.41) is 0. The number of hydrogen-bond donors (Lipinski definition) is 1. The van der Waals surface area contributed by atoms with Gasteiger partial charge in [0, 0.05) is 6.04 Å². The fraction of sp³-hybridized carbons (Fsp3) is 0.538. The lowest BCUT2D eigenvalue weighted by Crippen LogP contribution is -2.25. The number of halogens is 1. The van der Waals surface area contributed by atoms with Crippen molar-refractivity contribution in [1.82, 2.24) is 4.90 Å². The van der Waals surface area contributed by atoms with Crippen LogP contribution in [0.4, 0.5) is 4.39 Å². The van der Waals surface area contributed by atoms with Crippen LogP contribution in [0.2, 0.25) is 0 Å². The normalized spacial score (nSPS) is 19.1. The fourth-order valence-electron chi connectivity index (χ4n) is 2.52. The molecule has 0 heterocycles. The third-order valence-electron chi connectivity index (χ3n) is 3.40. The van der Waals surface area contributed by atoms with E-state index in [0.29, 0.717) is 6.04 Å². The van der Waals surface area contributed by atoms with Gasteiger partial charge in [0.1, 0.15) is 5.82 Å². The molecule has 0 fully saturated rings.